The summed E-state index contributed by atoms with van der Waals surface area (Å²) >= 11 is 3.37. The molecular weight excluding hydrogens is 379 g/mol. The molecule has 1 aliphatic carbocycles. The fraction of sp³-hybridized carbons (Fsp3) is 0.294. The van der Waals surface area contributed by atoms with Gasteiger partial charge in [0.1, 0.15) is 17.9 Å². The number of benzene rings is 1. The van der Waals surface area contributed by atoms with Crippen molar-refractivity contribution in [1.82, 2.24) is 9.55 Å². The predicted molar refractivity (Wildman–Crippen MR) is 92.4 cm³/mol. The van der Waals surface area contributed by atoms with Crippen LogP contribution in [-0.4, -0.2) is 29.2 Å². The minimum atomic E-state index is -0.649. The molecule has 5 nitrogen and oxygen atoms in total. The van der Waals surface area contributed by atoms with Crippen molar-refractivity contribution in [3.63, 3.8) is 0 Å². The molecule has 1 aromatic carbocycles. The first-order chi connectivity index (χ1) is 11.5. The van der Waals surface area contributed by atoms with Gasteiger partial charge in [0.25, 0.3) is 0 Å². The second-order valence-electron chi connectivity index (χ2n) is 5.30. The van der Waals surface area contributed by atoms with Crippen LogP contribution in [0.4, 0.5) is 4.39 Å². The van der Waals surface area contributed by atoms with Gasteiger partial charge in [0.2, 0.25) is 0 Å². The van der Waals surface area contributed by atoms with Crippen LogP contribution in [0.15, 0.2) is 40.9 Å². The second kappa shape index (κ2) is 6.76. The average molecular weight is 395 g/mol. The number of hydrogen-bond acceptors (Lipinski definition) is 4. The van der Waals surface area contributed by atoms with E-state index in [-0.39, 0.29) is 18.9 Å². The average Bonchev–Trinajstić information content (AvgIpc) is 2.99. The number of nitrogens with zero attached hydrogens (tertiary/aromatic N) is 2. The first kappa shape index (κ1) is 16.7. The summed E-state index contributed by atoms with van der Waals surface area (Å²) in [6.07, 6.45) is 3.12. The van der Waals surface area contributed by atoms with Crippen LogP contribution in [0, 0.1) is 5.92 Å². The fourth-order valence-corrected chi connectivity index (χ4v) is 3.21. The number of rotatable bonds is 4. The molecule has 0 amide bonds. The van der Waals surface area contributed by atoms with Gasteiger partial charge in [0.15, 0.2) is 0 Å². The third-order valence-electron chi connectivity index (χ3n) is 3.85. The quantitative estimate of drug-likeness (QED) is 0.734. The lowest BCUT2D eigenvalue weighted by Crippen LogP contribution is -2.21. The molecule has 2 aromatic rings. The summed E-state index contributed by atoms with van der Waals surface area (Å²) in [4.78, 5) is 16.2. The van der Waals surface area contributed by atoms with E-state index in [0.717, 1.165) is 5.52 Å². The maximum Gasteiger partial charge on any atom is 0.314 e. The Kier molecular flexibility index (Phi) is 4.71. The number of allylic oxidation sites excluding steroid dienone is 3. The summed E-state index contributed by atoms with van der Waals surface area (Å²) in [6, 6.07) is 5.40. The van der Waals surface area contributed by atoms with Crippen LogP contribution in [0.3, 0.4) is 0 Å². The van der Waals surface area contributed by atoms with E-state index in [2.05, 4.69) is 20.9 Å². The van der Waals surface area contributed by atoms with Crippen molar-refractivity contribution in [2.75, 3.05) is 13.7 Å². The molecule has 1 unspecified atom stereocenters. The van der Waals surface area contributed by atoms with Crippen LogP contribution in [-0.2, 0) is 9.53 Å². The molecule has 0 saturated heterocycles. The zero-order chi connectivity index (χ0) is 17.3. The number of esters is 1. The van der Waals surface area contributed by atoms with Crippen LogP contribution in [0.1, 0.15) is 13.3 Å². The number of methoxy groups -OCH3 is 1. The van der Waals surface area contributed by atoms with E-state index in [1.807, 2.05) is 6.07 Å². The lowest BCUT2D eigenvalue weighted by molar-refractivity contribution is -0.146. The van der Waals surface area contributed by atoms with Crippen molar-refractivity contribution in [1.29, 1.82) is 0 Å². The smallest absolute Gasteiger partial charge is 0.314 e. The Morgan fingerprint density at radius 1 is 1.50 bits per heavy atom. The molecule has 1 aromatic heterocycles. The Morgan fingerprint density at radius 2 is 2.29 bits per heavy atom. The minimum absolute atomic E-state index is 0.0406. The Bertz CT molecular complexity index is 857. The molecular formula is C17H16BrFN2O3. The zero-order valence-corrected chi connectivity index (χ0v) is 14.8. The minimum Gasteiger partial charge on any atom is -0.497 e. The molecule has 0 aliphatic heterocycles. The van der Waals surface area contributed by atoms with Crippen molar-refractivity contribution in [3.8, 4) is 5.75 Å². The molecule has 0 saturated carbocycles. The Morgan fingerprint density at radius 3 is 3.00 bits per heavy atom. The number of imidazole rings is 1. The molecule has 0 bridgehead atoms. The number of hydrogen-bond donors (Lipinski definition) is 0. The highest BCUT2D eigenvalue weighted by atomic mass is 79.9. The summed E-state index contributed by atoms with van der Waals surface area (Å²) in [7, 11) is 1.58. The first-order valence-corrected chi connectivity index (χ1v) is 8.28. The third-order valence-corrected chi connectivity index (χ3v) is 4.64. The summed E-state index contributed by atoms with van der Waals surface area (Å²) in [6.45, 7) is 1.99. The van der Waals surface area contributed by atoms with E-state index in [1.54, 1.807) is 43.1 Å². The van der Waals surface area contributed by atoms with Gasteiger partial charge in [0.05, 0.1) is 36.4 Å². The molecule has 3 rings (SSSR count). The van der Waals surface area contributed by atoms with E-state index < -0.39 is 11.9 Å². The number of fused-ring (bicyclic) bond motifs is 1. The number of ether oxygens (including phenoxy) is 2. The molecule has 24 heavy (non-hydrogen) atoms. The van der Waals surface area contributed by atoms with E-state index in [0.29, 0.717) is 21.4 Å². The number of carbonyl (C=O) groups is 1. The van der Waals surface area contributed by atoms with Crippen molar-refractivity contribution in [2.24, 2.45) is 5.92 Å². The molecule has 1 atom stereocenters. The van der Waals surface area contributed by atoms with Crippen molar-refractivity contribution >= 4 is 38.6 Å². The number of carbonyl (C=O) groups excluding carboxylic acids is 1. The zero-order valence-electron chi connectivity index (χ0n) is 13.3. The van der Waals surface area contributed by atoms with Gasteiger partial charge >= 0.3 is 5.97 Å². The maximum absolute atomic E-state index is 14.6. The number of aromatic nitrogens is 2. The van der Waals surface area contributed by atoms with Gasteiger partial charge in [-0.15, -0.1) is 0 Å². The van der Waals surface area contributed by atoms with Gasteiger partial charge in [-0.1, -0.05) is 15.9 Å². The molecule has 1 heterocycles. The summed E-state index contributed by atoms with van der Waals surface area (Å²) in [5.74, 6) is -0.782. The molecule has 0 fully saturated rings. The van der Waals surface area contributed by atoms with Gasteiger partial charge in [-0.25, -0.2) is 9.37 Å². The van der Waals surface area contributed by atoms with Gasteiger partial charge in [0, 0.05) is 17.0 Å². The molecule has 126 valence electrons. The largest absolute Gasteiger partial charge is 0.497 e. The van der Waals surface area contributed by atoms with Crippen LogP contribution >= 0.6 is 15.9 Å². The van der Waals surface area contributed by atoms with Crippen molar-refractivity contribution in [3.05, 3.63) is 40.9 Å². The van der Waals surface area contributed by atoms with Gasteiger partial charge in [-0.3, -0.25) is 9.36 Å². The third kappa shape index (κ3) is 2.96. The summed E-state index contributed by atoms with van der Waals surface area (Å²) in [5.41, 5.74) is 1.81. The lowest BCUT2D eigenvalue weighted by atomic mass is 9.98. The fourth-order valence-electron chi connectivity index (χ4n) is 2.64. The van der Waals surface area contributed by atoms with Crippen LogP contribution in [0.5, 0.6) is 5.75 Å². The maximum atomic E-state index is 14.6. The van der Waals surface area contributed by atoms with Crippen LogP contribution in [0.2, 0.25) is 0 Å². The molecule has 0 spiro atoms. The first-order valence-electron chi connectivity index (χ1n) is 7.49. The Labute approximate surface area is 146 Å². The van der Waals surface area contributed by atoms with Crippen molar-refractivity contribution in [2.45, 2.75) is 13.3 Å². The lowest BCUT2D eigenvalue weighted by Gasteiger charge is -2.21. The highest BCUT2D eigenvalue weighted by Gasteiger charge is 2.30. The van der Waals surface area contributed by atoms with E-state index in [9.17, 15) is 9.18 Å². The Balaban J connectivity index is 1.98. The molecule has 1 aliphatic rings. The van der Waals surface area contributed by atoms with Crippen LogP contribution < -0.4 is 4.74 Å². The Hall–Kier alpha value is -2.15. The van der Waals surface area contributed by atoms with Gasteiger partial charge in [-0.05, 0) is 25.1 Å². The van der Waals surface area contributed by atoms with Gasteiger partial charge in [-0.2, -0.15) is 0 Å². The second-order valence-corrected chi connectivity index (χ2v) is 6.21. The van der Waals surface area contributed by atoms with E-state index >= 15 is 0 Å². The molecule has 0 N–H and O–H groups in total. The number of halogens is 2. The topological polar surface area (TPSA) is 53.4 Å². The summed E-state index contributed by atoms with van der Waals surface area (Å²) < 4.78 is 27.1. The molecule has 7 heteroatoms. The highest BCUT2D eigenvalue weighted by molar-refractivity contribution is 9.11. The normalized spacial score (nSPS) is 17.8. The van der Waals surface area contributed by atoms with E-state index in [4.69, 9.17) is 9.47 Å². The van der Waals surface area contributed by atoms with Gasteiger partial charge < -0.3 is 9.47 Å². The standard InChI is InChI=1S/C17H16BrFN2O3/c1-3-24-17(22)11-7-13(19)16(8-12(11)18)21-9-20-14-6-10(23-2)4-5-15(14)21/h4-6,8-9,11H,3,7H2,1-2H3. The van der Waals surface area contributed by atoms with E-state index in [1.165, 1.54) is 0 Å². The van der Waals surface area contributed by atoms with Crippen LogP contribution in [0.25, 0.3) is 16.7 Å². The monoisotopic (exact) mass is 394 g/mol. The van der Waals surface area contributed by atoms with Crippen molar-refractivity contribution < 1.29 is 18.7 Å². The molecule has 0 radical (unpaired) electrons. The SMILES string of the molecule is CCOC(=O)C1CC(F)=C(n2cnc3cc(OC)ccc32)C=C1Br. The summed E-state index contributed by atoms with van der Waals surface area (Å²) in [5, 5.41) is 0. The highest BCUT2D eigenvalue weighted by Crippen LogP contribution is 2.37. The predicted octanol–water partition coefficient (Wildman–Crippen LogP) is 4.04.